The van der Waals surface area contributed by atoms with Crippen molar-refractivity contribution in [2.75, 3.05) is 7.11 Å². The molecule has 0 saturated carbocycles. The van der Waals surface area contributed by atoms with E-state index in [1.165, 1.54) is 0 Å². The molecule has 0 saturated heterocycles. The van der Waals surface area contributed by atoms with Crippen LogP contribution in [0.1, 0.15) is 12.6 Å². The summed E-state index contributed by atoms with van der Waals surface area (Å²) in [6.07, 6.45) is 5.97. The SMILES string of the molecule is CCc1ccc(Oc2ncccc2-c2cccnc2OC)cn1. The predicted molar refractivity (Wildman–Crippen MR) is 87.7 cm³/mol. The molecule has 0 radical (unpaired) electrons. The zero-order valence-electron chi connectivity index (χ0n) is 13.1. The van der Waals surface area contributed by atoms with Crippen molar-refractivity contribution in [1.29, 1.82) is 0 Å². The van der Waals surface area contributed by atoms with Gasteiger partial charge < -0.3 is 9.47 Å². The molecule has 3 aromatic heterocycles. The molecule has 3 heterocycles. The first-order valence-electron chi connectivity index (χ1n) is 7.39. The Balaban J connectivity index is 1.97. The molecule has 0 N–H and O–H groups in total. The van der Waals surface area contributed by atoms with E-state index in [9.17, 15) is 0 Å². The number of hydrogen-bond acceptors (Lipinski definition) is 5. The highest BCUT2D eigenvalue weighted by atomic mass is 16.5. The van der Waals surface area contributed by atoms with Crippen molar-refractivity contribution in [1.82, 2.24) is 15.0 Å². The first kappa shape index (κ1) is 15.0. The molecule has 0 unspecified atom stereocenters. The highest BCUT2D eigenvalue weighted by molar-refractivity contribution is 5.72. The maximum Gasteiger partial charge on any atom is 0.227 e. The molecule has 5 nitrogen and oxygen atoms in total. The smallest absolute Gasteiger partial charge is 0.227 e. The van der Waals surface area contributed by atoms with Crippen molar-refractivity contribution in [2.24, 2.45) is 0 Å². The van der Waals surface area contributed by atoms with Gasteiger partial charge in [-0.3, -0.25) is 4.98 Å². The Morgan fingerprint density at radius 3 is 2.17 bits per heavy atom. The van der Waals surface area contributed by atoms with E-state index < -0.39 is 0 Å². The van der Waals surface area contributed by atoms with E-state index in [0.717, 1.165) is 23.2 Å². The Morgan fingerprint density at radius 2 is 1.57 bits per heavy atom. The first-order valence-corrected chi connectivity index (χ1v) is 7.39. The predicted octanol–water partition coefficient (Wildman–Crippen LogP) is 3.90. The van der Waals surface area contributed by atoms with Crippen LogP contribution < -0.4 is 9.47 Å². The van der Waals surface area contributed by atoms with Gasteiger partial charge in [-0.05, 0) is 42.8 Å². The molecule has 0 aliphatic carbocycles. The number of rotatable bonds is 5. The van der Waals surface area contributed by atoms with E-state index >= 15 is 0 Å². The molecule has 116 valence electrons. The van der Waals surface area contributed by atoms with Crippen LogP contribution in [0.25, 0.3) is 11.1 Å². The van der Waals surface area contributed by atoms with Gasteiger partial charge in [-0.25, -0.2) is 9.97 Å². The Bertz CT molecular complexity index is 788. The van der Waals surface area contributed by atoms with Gasteiger partial charge in [0.15, 0.2) is 0 Å². The van der Waals surface area contributed by atoms with Crippen LogP contribution in [0, 0.1) is 0 Å². The van der Waals surface area contributed by atoms with Gasteiger partial charge in [0.2, 0.25) is 11.8 Å². The second-order valence-electron chi connectivity index (χ2n) is 4.86. The maximum absolute atomic E-state index is 5.91. The van der Waals surface area contributed by atoms with Crippen LogP contribution in [-0.2, 0) is 6.42 Å². The Morgan fingerprint density at radius 1 is 0.870 bits per heavy atom. The third kappa shape index (κ3) is 3.29. The molecule has 3 aromatic rings. The average molecular weight is 307 g/mol. The Labute approximate surface area is 135 Å². The van der Waals surface area contributed by atoms with Crippen molar-refractivity contribution in [3.8, 4) is 28.6 Å². The summed E-state index contributed by atoms with van der Waals surface area (Å²) in [5, 5.41) is 0. The molecule has 0 atom stereocenters. The van der Waals surface area contributed by atoms with Crippen molar-refractivity contribution >= 4 is 0 Å². The number of aryl methyl sites for hydroxylation is 1. The molecule has 0 bridgehead atoms. The van der Waals surface area contributed by atoms with E-state index in [1.807, 2.05) is 36.4 Å². The van der Waals surface area contributed by atoms with E-state index in [2.05, 4.69) is 21.9 Å². The quantitative estimate of drug-likeness (QED) is 0.715. The summed E-state index contributed by atoms with van der Waals surface area (Å²) >= 11 is 0. The lowest BCUT2D eigenvalue weighted by Crippen LogP contribution is -1.96. The molecule has 5 heteroatoms. The number of hydrogen-bond donors (Lipinski definition) is 0. The molecule has 0 aromatic carbocycles. The number of nitrogens with zero attached hydrogens (tertiary/aromatic N) is 3. The standard InChI is InChI=1S/C18H17N3O2/c1-3-13-8-9-14(12-21-13)23-18-16(7-5-11-20-18)15-6-4-10-19-17(15)22-2/h4-12H,3H2,1-2H3. The molecule has 0 fully saturated rings. The van der Waals surface area contributed by atoms with Crippen LogP contribution >= 0.6 is 0 Å². The van der Waals surface area contributed by atoms with Gasteiger partial charge in [0.1, 0.15) is 5.75 Å². The molecule has 23 heavy (non-hydrogen) atoms. The van der Waals surface area contributed by atoms with Gasteiger partial charge in [-0.1, -0.05) is 6.92 Å². The van der Waals surface area contributed by atoms with Crippen molar-refractivity contribution < 1.29 is 9.47 Å². The fraction of sp³-hybridized carbons (Fsp3) is 0.167. The zero-order valence-corrected chi connectivity index (χ0v) is 13.1. The van der Waals surface area contributed by atoms with Crippen LogP contribution in [0.15, 0.2) is 55.0 Å². The number of ether oxygens (including phenoxy) is 2. The van der Waals surface area contributed by atoms with Gasteiger partial charge >= 0.3 is 0 Å². The van der Waals surface area contributed by atoms with Gasteiger partial charge in [0, 0.05) is 29.2 Å². The minimum atomic E-state index is 0.491. The van der Waals surface area contributed by atoms with Crippen LogP contribution in [0.4, 0.5) is 0 Å². The van der Waals surface area contributed by atoms with Crippen LogP contribution in [0.3, 0.4) is 0 Å². The molecule has 0 amide bonds. The molecule has 0 spiro atoms. The monoisotopic (exact) mass is 307 g/mol. The third-order valence-electron chi connectivity index (χ3n) is 3.40. The molecule has 0 aliphatic heterocycles. The zero-order chi connectivity index (χ0) is 16.1. The van der Waals surface area contributed by atoms with Gasteiger partial charge in [-0.15, -0.1) is 0 Å². The second kappa shape index (κ2) is 6.87. The molecule has 0 aliphatic rings. The summed E-state index contributed by atoms with van der Waals surface area (Å²) < 4.78 is 11.2. The van der Waals surface area contributed by atoms with E-state index in [0.29, 0.717) is 17.5 Å². The number of pyridine rings is 3. The summed E-state index contributed by atoms with van der Waals surface area (Å²) in [6, 6.07) is 11.4. The molecular formula is C18H17N3O2. The lowest BCUT2D eigenvalue weighted by Gasteiger charge is -2.12. The lowest BCUT2D eigenvalue weighted by molar-refractivity contribution is 0.399. The fourth-order valence-corrected chi connectivity index (χ4v) is 2.23. The largest absolute Gasteiger partial charge is 0.481 e. The van der Waals surface area contributed by atoms with Crippen LogP contribution in [0.5, 0.6) is 17.5 Å². The first-order chi connectivity index (χ1) is 11.3. The third-order valence-corrected chi connectivity index (χ3v) is 3.40. The Hall–Kier alpha value is -2.95. The summed E-state index contributed by atoms with van der Waals surface area (Å²) in [6.45, 7) is 2.06. The van der Waals surface area contributed by atoms with Gasteiger partial charge in [0.05, 0.1) is 13.3 Å². The van der Waals surface area contributed by atoms with Gasteiger partial charge in [-0.2, -0.15) is 0 Å². The average Bonchev–Trinajstić information content (AvgIpc) is 2.63. The highest BCUT2D eigenvalue weighted by Crippen LogP contribution is 2.35. The summed E-state index contributed by atoms with van der Waals surface area (Å²) in [5.41, 5.74) is 2.67. The lowest BCUT2D eigenvalue weighted by atomic mass is 10.1. The Kier molecular flexibility index (Phi) is 4.47. The fourth-order valence-electron chi connectivity index (χ4n) is 2.23. The van der Waals surface area contributed by atoms with Gasteiger partial charge in [0.25, 0.3) is 0 Å². The van der Waals surface area contributed by atoms with Crippen LogP contribution in [-0.4, -0.2) is 22.1 Å². The van der Waals surface area contributed by atoms with Crippen molar-refractivity contribution in [2.45, 2.75) is 13.3 Å². The topological polar surface area (TPSA) is 57.1 Å². The number of methoxy groups -OCH3 is 1. The minimum absolute atomic E-state index is 0.491. The summed E-state index contributed by atoms with van der Waals surface area (Å²) in [7, 11) is 1.59. The molecule has 3 rings (SSSR count). The molecular weight excluding hydrogens is 290 g/mol. The normalized spacial score (nSPS) is 10.3. The summed E-state index contributed by atoms with van der Waals surface area (Å²) in [5.74, 6) is 1.67. The van der Waals surface area contributed by atoms with Crippen molar-refractivity contribution in [3.63, 3.8) is 0 Å². The highest BCUT2D eigenvalue weighted by Gasteiger charge is 2.13. The maximum atomic E-state index is 5.91. The van der Waals surface area contributed by atoms with E-state index in [-0.39, 0.29) is 0 Å². The van der Waals surface area contributed by atoms with E-state index in [4.69, 9.17) is 9.47 Å². The van der Waals surface area contributed by atoms with Crippen LogP contribution in [0.2, 0.25) is 0 Å². The number of aromatic nitrogens is 3. The summed E-state index contributed by atoms with van der Waals surface area (Å²) in [4.78, 5) is 12.9. The minimum Gasteiger partial charge on any atom is -0.481 e. The second-order valence-corrected chi connectivity index (χ2v) is 4.86. The van der Waals surface area contributed by atoms with E-state index in [1.54, 1.807) is 25.7 Å². The van der Waals surface area contributed by atoms with Crippen molar-refractivity contribution in [3.05, 3.63) is 60.7 Å².